The lowest BCUT2D eigenvalue weighted by molar-refractivity contribution is 0.162. The Morgan fingerprint density at radius 2 is 1.77 bits per heavy atom. The van der Waals surface area contributed by atoms with Crippen LogP contribution in [0, 0.1) is 18.3 Å². The molecule has 1 saturated heterocycles. The summed E-state index contributed by atoms with van der Waals surface area (Å²) in [7, 11) is -3.52. The lowest BCUT2D eigenvalue weighted by atomic mass is 10.1. The van der Waals surface area contributed by atoms with Crippen molar-refractivity contribution in [1.82, 2.24) is 9.21 Å². The maximum absolute atomic E-state index is 12.8. The number of sulfonamides is 1. The summed E-state index contributed by atoms with van der Waals surface area (Å²) in [6.45, 7) is 3.53. The summed E-state index contributed by atoms with van der Waals surface area (Å²) >= 11 is 6.23. The largest absolute Gasteiger partial charge is 0.282 e. The Morgan fingerprint density at radius 3 is 2.38 bits per heavy atom. The number of aryl methyl sites for hydroxylation is 1. The van der Waals surface area contributed by atoms with Crippen molar-refractivity contribution in [1.29, 1.82) is 5.26 Å². The number of piperazine rings is 1. The molecule has 0 N–H and O–H groups in total. The molecule has 0 saturated carbocycles. The molecule has 2 aromatic rings. The molecule has 0 amide bonds. The Labute approximate surface area is 159 Å². The van der Waals surface area contributed by atoms with E-state index in [9.17, 15) is 13.7 Å². The molecule has 0 aliphatic carbocycles. The predicted molar refractivity (Wildman–Crippen MR) is 101 cm³/mol. The maximum atomic E-state index is 12.8. The van der Waals surface area contributed by atoms with Gasteiger partial charge in [-0.25, -0.2) is 8.42 Å². The monoisotopic (exact) mass is 389 g/mol. The van der Waals surface area contributed by atoms with Crippen LogP contribution in [0.1, 0.15) is 17.2 Å². The number of benzene rings is 2. The van der Waals surface area contributed by atoms with Gasteiger partial charge in [-0.1, -0.05) is 41.9 Å². The van der Waals surface area contributed by atoms with Crippen molar-refractivity contribution in [3.05, 3.63) is 64.7 Å². The molecule has 0 bridgehead atoms. The third kappa shape index (κ3) is 3.76. The smallest absolute Gasteiger partial charge is 0.243 e. The van der Waals surface area contributed by atoms with Crippen LogP contribution in [-0.4, -0.2) is 43.8 Å². The fourth-order valence-corrected chi connectivity index (χ4v) is 4.94. The van der Waals surface area contributed by atoms with Crippen LogP contribution in [0.5, 0.6) is 0 Å². The van der Waals surface area contributed by atoms with Crippen molar-refractivity contribution in [2.75, 3.05) is 26.2 Å². The molecular weight excluding hydrogens is 370 g/mol. The molecule has 2 aromatic carbocycles. The molecule has 1 fully saturated rings. The van der Waals surface area contributed by atoms with E-state index in [2.05, 4.69) is 6.07 Å². The van der Waals surface area contributed by atoms with Crippen molar-refractivity contribution in [3.8, 4) is 6.07 Å². The number of rotatable bonds is 4. The highest BCUT2D eigenvalue weighted by atomic mass is 35.5. The fourth-order valence-electron chi connectivity index (χ4n) is 3.17. The molecule has 26 heavy (non-hydrogen) atoms. The summed E-state index contributed by atoms with van der Waals surface area (Å²) in [6.07, 6.45) is 0. The average Bonchev–Trinajstić information content (AvgIpc) is 2.64. The van der Waals surface area contributed by atoms with Crippen LogP contribution in [0.15, 0.2) is 53.4 Å². The molecule has 7 heteroatoms. The molecular formula is C19H20ClN3O2S. The van der Waals surface area contributed by atoms with Gasteiger partial charge in [0.2, 0.25) is 10.0 Å². The zero-order chi connectivity index (χ0) is 18.7. The van der Waals surface area contributed by atoms with Crippen molar-refractivity contribution in [2.24, 2.45) is 0 Å². The summed E-state index contributed by atoms with van der Waals surface area (Å²) in [6, 6.07) is 16.0. The highest BCUT2D eigenvalue weighted by Crippen LogP contribution is 2.28. The van der Waals surface area contributed by atoms with E-state index in [1.165, 1.54) is 4.31 Å². The number of hydrogen-bond acceptors (Lipinski definition) is 4. The highest BCUT2D eigenvalue weighted by molar-refractivity contribution is 7.89. The third-order valence-electron chi connectivity index (χ3n) is 4.59. The lowest BCUT2D eigenvalue weighted by Crippen LogP contribution is -2.49. The zero-order valence-electron chi connectivity index (χ0n) is 14.5. The van der Waals surface area contributed by atoms with E-state index in [4.69, 9.17) is 11.6 Å². The summed E-state index contributed by atoms with van der Waals surface area (Å²) in [4.78, 5) is 2.29. The van der Waals surface area contributed by atoms with Crippen LogP contribution in [0.4, 0.5) is 0 Å². The first-order valence-corrected chi connectivity index (χ1v) is 10.2. The molecule has 1 unspecified atom stereocenters. The number of hydrogen-bond donors (Lipinski definition) is 0. The van der Waals surface area contributed by atoms with Crippen LogP contribution >= 0.6 is 11.6 Å². The minimum absolute atomic E-state index is 0.314. The van der Waals surface area contributed by atoms with Crippen LogP contribution in [-0.2, 0) is 10.0 Å². The van der Waals surface area contributed by atoms with Gasteiger partial charge in [-0.2, -0.15) is 9.57 Å². The van der Waals surface area contributed by atoms with Crippen molar-refractivity contribution in [3.63, 3.8) is 0 Å². The molecule has 3 rings (SSSR count). The Hall–Kier alpha value is -1.91. The summed E-state index contributed by atoms with van der Waals surface area (Å²) in [5.74, 6) is 0. The lowest BCUT2D eigenvalue weighted by Gasteiger charge is -2.36. The molecule has 5 nitrogen and oxygen atoms in total. The van der Waals surface area contributed by atoms with E-state index < -0.39 is 16.1 Å². The average molecular weight is 390 g/mol. The van der Waals surface area contributed by atoms with E-state index in [1.807, 2.05) is 36.1 Å². The molecule has 1 heterocycles. The number of nitriles is 1. The van der Waals surface area contributed by atoms with Crippen molar-refractivity contribution < 1.29 is 8.42 Å². The molecule has 1 atom stereocenters. The second-order valence-corrected chi connectivity index (χ2v) is 8.65. The maximum Gasteiger partial charge on any atom is 0.243 e. The molecule has 136 valence electrons. The van der Waals surface area contributed by atoms with Crippen LogP contribution in [0.2, 0.25) is 5.02 Å². The van der Waals surface area contributed by atoms with E-state index in [0.717, 1.165) is 11.1 Å². The van der Waals surface area contributed by atoms with Crippen LogP contribution in [0.25, 0.3) is 0 Å². The number of nitrogens with zero attached hydrogens (tertiary/aromatic N) is 3. The minimum atomic E-state index is -3.52. The Bertz CT molecular complexity index is 932. The van der Waals surface area contributed by atoms with Gasteiger partial charge in [0, 0.05) is 36.8 Å². The first-order chi connectivity index (χ1) is 12.4. The van der Waals surface area contributed by atoms with Gasteiger partial charge in [-0.05, 0) is 30.7 Å². The second-order valence-electron chi connectivity index (χ2n) is 6.31. The minimum Gasteiger partial charge on any atom is -0.282 e. The van der Waals surface area contributed by atoms with E-state index >= 15 is 0 Å². The van der Waals surface area contributed by atoms with Gasteiger partial charge in [-0.15, -0.1) is 0 Å². The van der Waals surface area contributed by atoms with Gasteiger partial charge in [0.15, 0.2) is 0 Å². The van der Waals surface area contributed by atoms with Crippen LogP contribution in [0.3, 0.4) is 0 Å². The quantitative estimate of drug-likeness (QED) is 0.805. The third-order valence-corrected chi connectivity index (χ3v) is 6.83. The summed E-state index contributed by atoms with van der Waals surface area (Å²) in [5, 5.41) is 10.2. The van der Waals surface area contributed by atoms with Gasteiger partial charge in [0.05, 0.1) is 11.0 Å². The Kier molecular flexibility index (Phi) is 5.64. The zero-order valence-corrected chi connectivity index (χ0v) is 16.0. The van der Waals surface area contributed by atoms with Gasteiger partial charge in [-0.3, -0.25) is 4.90 Å². The van der Waals surface area contributed by atoms with Gasteiger partial charge < -0.3 is 0 Å². The summed E-state index contributed by atoms with van der Waals surface area (Å²) in [5.41, 5.74) is 1.67. The van der Waals surface area contributed by atoms with Crippen molar-refractivity contribution in [2.45, 2.75) is 17.9 Å². The van der Waals surface area contributed by atoms with E-state index in [0.29, 0.717) is 36.1 Å². The van der Waals surface area contributed by atoms with Gasteiger partial charge in [0.1, 0.15) is 6.04 Å². The molecule has 0 aromatic heterocycles. The highest BCUT2D eigenvalue weighted by Gasteiger charge is 2.32. The van der Waals surface area contributed by atoms with Crippen molar-refractivity contribution >= 4 is 21.6 Å². The second kappa shape index (κ2) is 7.77. The van der Waals surface area contributed by atoms with E-state index in [1.54, 1.807) is 24.3 Å². The normalized spacial score (nSPS) is 17.6. The molecule has 0 spiro atoms. The number of halogens is 1. The first kappa shape index (κ1) is 18.9. The van der Waals surface area contributed by atoms with Gasteiger partial charge >= 0.3 is 0 Å². The Morgan fingerprint density at radius 1 is 1.08 bits per heavy atom. The predicted octanol–water partition coefficient (Wildman–Crippen LogP) is 3.22. The van der Waals surface area contributed by atoms with Crippen LogP contribution < -0.4 is 0 Å². The molecule has 1 aliphatic rings. The molecule has 1 aliphatic heterocycles. The van der Waals surface area contributed by atoms with Gasteiger partial charge in [0.25, 0.3) is 0 Å². The Balaban J connectivity index is 1.75. The SMILES string of the molecule is Cc1cccc(S(=O)(=O)N2CCN(C(C#N)c3ccccc3Cl)CC2)c1. The van der Waals surface area contributed by atoms with E-state index in [-0.39, 0.29) is 0 Å². The summed E-state index contributed by atoms with van der Waals surface area (Å²) < 4.78 is 27.1. The topological polar surface area (TPSA) is 64.4 Å². The first-order valence-electron chi connectivity index (χ1n) is 8.38. The molecule has 0 radical (unpaired) electrons. The standard InChI is InChI=1S/C19H20ClN3O2S/c1-15-5-4-6-16(13-15)26(24,25)23-11-9-22(10-12-23)19(14-21)17-7-2-3-8-18(17)20/h2-8,13,19H,9-12H2,1H3. The fraction of sp³-hybridized carbons (Fsp3) is 0.316.